The smallest absolute Gasteiger partial charge is 0.410 e. The van der Waals surface area contributed by atoms with Crippen LogP contribution < -0.4 is 0 Å². The number of rotatable bonds is 2. The molecule has 8 nitrogen and oxygen atoms in total. The molecular formula is C17H24N4O4. The molecule has 8 heteroatoms. The van der Waals surface area contributed by atoms with Gasteiger partial charge in [-0.05, 0) is 20.8 Å². The molecule has 1 aromatic heterocycles. The van der Waals surface area contributed by atoms with Crippen LogP contribution in [-0.4, -0.2) is 57.0 Å². The summed E-state index contributed by atoms with van der Waals surface area (Å²) < 4.78 is 7.14. The van der Waals surface area contributed by atoms with Crippen molar-refractivity contribution in [1.82, 2.24) is 19.7 Å². The molecule has 0 unspecified atom stereocenters. The predicted molar refractivity (Wildman–Crippen MR) is 89.8 cm³/mol. The standard InChI is InChI=1S/C17H24N4O4/c1-5-7-21-15(22)14-12-11-19(16(23)25-17(2,3)4)8-6-13(12)18-20(14)9-10-24-21/h5H,1,6-11H2,2-4H3. The van der Waals surface area contributed by atoms with Crippen molar-refractivity contribution in [3.63, 3.8) is 0 Å². The fourth-order valence-corrected chi connectivity index (χ4v) is 2.98. The van der Waals surface area contributed by atoms with Gasteiger partial charge in [-0.3, -0.25) is 14.3 Å². The summed E-state index contributed by atoms with van der Waals surface area (Å²) in [6.07, 6.45) is 1.84. The molecule has 0 aromatic carbocycles. The van der Waals surface area contributed by atoms with Crippen molar-refractivity contribution in [3.8, 4) is 0 Å². The van der Waals surface area contributed by atoms with E-state index in [1.165, 1.54) is 5.06 Å². The van der Waals surface area contributed by atoms with Crippen LogP contribution in [-0.2, 0) is 29.1 Å². The van der Waals surface area contributed by atoms with Crippen LogP contribution in [0.25, 0.3) is 0 Å². The summed E-state index contributed by atoms with van der Waals surface area (Å²) >= 11 is 0. The molecule has 0 saturated heterocycles. The van der Waals surface area contributed by atoms with E-state index in [9.17, 15) is 9.59 Å². The van der Waals surface area contributed by atoms with Crippen LogP contribution in [0.2, 0.25) is 0 Å². The summed E-state index contributed by atoms with van der Waals surface area (Å²) in [4.78, 5) is 32.3. The molecule has 0 spiro atoms. The maximum absolute atomic E-state index is 12.8. The maximum Gasteiger partial charge on any atom is 0.410 e. The number of hydroxylamine groups is 2. The highest BCUT2D eigenvalue weighted by molar-refractivity contribution is 5.94. The van der Waals surface area contributed by atoms with Gasteiger partial charge in [0.2, 0.25) is 0 Å². The molecule has 3 heterocycles. The summed E-state index contributed by atoms with van der Waals surface area (Å²) in [5.74, 6) is -0.253. The lowest BCUT2D eigenvalue weighted by Gasteiger charge is -2.30. The van der Waals surface area contributed by atoms with Gasteiger partial charge in [0.1, 0.15) is 11.3 Å². The van der Waals surface area contributed by atoms with Crippen LogP contribution in [0.15, 0.2) is 12.7 Å². The lowest BCUT2D eigenvalue weighted by Crippen LogP contribution is -2.40. The van der Waals surface area contributed by atoms with Gasteiger partial charge in [-0.2, -0.15) is 5.10 Å². The number of nitrogens with zero attached hydrogens (tertiary/aromatic N) is 4. The number of aromatic nitrogens is 2. The van der Waals surface area contributed by atoms with Gasteiger partial charge in [0.25, 0.3) is 5.91 Å². The van der Waals surface area contributed by atoms with Crippen molar-refractivity contribution in [2.24, 2.45) is 0 Å². The summed E-state index contributed by atoms with van der Waals surface area (Å²) in [5, 5.41) is 5.84. The Morgan fingerprint density at radius 2 is 2.16 bits per heavy atom. The van der Waals surface area contributed by atoms with E-state index in [-0.39, 0.29) is 12.0 Å². The molecule has 0 radical (unpaired) electrons. The molecule has 3 rings (SSSR count). The minimum Gasteiger partial charge on any atom is -0.444 e. The third kappa shape index (κ3) is 3.53. The Balaban J connectivity index is 1.87. The number of ether oxygens (including phenoxy) is 1. The van der Waals surface area contributed by atoms with Crippen LogP contribution in [0.4, 0.5) is 4.79 Å². The van der Waals surface area contributed by atoms with Gasteiger partial charge in [-0.25, -0.2) is 9.86 Å². The monoisotopic (exact) mass is 348 g/mol. The first-order valence-corrected chi connectivity index (χ1v) is 8.42. The van der Waals surface area contributed by atoms with Gasteiger partial charge in [-0.1, -0.05) is 6.08 Å². The Morgan fingerprint density at radius 1 is 1.40 bits per heavy atom. The number of hydrogen-bond donors (Lipinski definition) is 0. The molecule has 2 amide bonds. The number of fused-ring (bicyclic) bond motifs is 3. The summed E-state index contributed by atoms with van der Waals surface area (Å²) in [6.45, 7) is 11.2. The van der Waals surface area contributed by atoms with Crippen molar-refractivity contribution in [3.05, 3.63) is 29.6 Å². The van der Waals surface area contributed by atoms with Crippen LogP contribution in [0, 0.1) is 0 Å². The molecule has 1 aromatic rings. The normalized spacial score (nSPS) is 17.6. The van der Waals surface area contributed by atoms with Gasteiger partial charge in [-0.15, -0.1) is 6.58 Å². The highest BCUT2D eigenvalue weighted by Gasteiger charge is 2.34. The van der Waals surface area contributed by atoms with Crippen molar-refractivity contribution in [1.29, 1.82) is 0 Å². The van der Waals surface area contributed by atoms with Gasteiger partial charge in [0.05, 0.1) is 31.9 Å². The number of hydrogen-bond acceptors (Lipinski definition) is 5. The van der Waals surface area contributed by atoms with Crippen molar-refractivity contribution < 1.29 is 19.2 Å². The van der Waals surface area contributed by atoms with Crippen molar-refractivity contribution in [2.75, 3.05) is 19.7 Å². The highest BCUT2D eigenvalue weighted by Crippen LogP contribution is 2.26. The van der Waals surface area contributed by atoms with Gasteiger partial charge in [0, 0.05) is 18.5 Å². The molecular weight excluding hydrogens is 324 g/mol. The van der Waals surface area contributed by atoms with Crippen LogP contribution in [0.3, 0.4) is 0 Å². The first-order chi connectivity index (χ1) is 11.8. The fraction of sp³-hybridized carbons (Fsp3) is 0.588. The second kappa shape index (κ2) is 6.51. The van der Waals surface area contributed by atoms with Gasteiger partial charge < -0.3 is 9.64 Å². The average molecular weight is 348 g/mol. The van der Waals surface area contributed by atoms with Crippen molar-refractivity contribution in [2.45, 2.75) is 45.9 Å². The van der Waals surface area contributed by atoms with E-state index in [4.69, 9.17) is 9.57 Å². The van der Waals surface area contributed by atoms with Crippen LogP contribution >= 0.6 is 0 Å². The van der Waals surface area contributed by atoms with Crippen LogP contribution in [0.1, 0.15) is 42.5 Å². The Labute approximate surface area is 146 Å². The quantitative estimate of drug-likeness (QED) is 0.761. The number of carbonyl (C=O) groups is 2. The minimum absolute atomic E-state index is 0.253. The molecule has 136 valence electrons. The van der Waals surface area contributed by atoms with Gasteiger partial charge >= 0.3 is 6.09 Å². The SMILES string of the molecule is C=CCN1OCCn2nc3c(c2C1=O)CN(C(=O)OC(C)(C)C)CC3. The molecule has 0 bridgehead atoms. The average Bonchev–Trinajstić information content (AvgIpc) is 2.81. The molecule has 2 aliphatic rings. The Bertz CT molecular complexity index is 704. The van der Waals surface area contributed by atoms with E-state index in [0.717, 1.165) is 11.3 Å². The van der Waals surface area contributed by atoms with E-state index in [2.05, 4.69) is 11.7 Å². The van der Waals surface area contributed by atoms with E-state index in [1.807, 2.05) is 20.8 Å². The zero-order valence-corrected chi connectivity index (χ0v) is 14.9. The Kier molecular flexibility index (Phi) is 4.55. The first kappa shape index (κ1) is 17.5. The van der Waals surface area contributed by atoms with E-state index < -0.39 is 5.60 Å². The summed E-state index contributed by atoms with van der Waals surface area (Å²) in [7, 11) is 0. The van der Waals surface area contributed by atoms with E-state index in [1.54, 1.807) is 15.7 Å². The third-order valence-electron chi connectivity index (χ3n) is 4.03. The molecule has 0 fully saturated rings. The highest BCUT2D eigenvalue weighted by atomic mass is 16.7. The largest absolute Gasteiger partial charge is 0.444 e. The lowest BCUT2D eigenvalue weighted by atomic mass is 10.1. The second-order valence-electron chi connectivity index (χ2n) is 7.14. The molecule has 25 heavy (non-hydrogen) atoms. The lowest BCUT2D eigenvalue weighted by molar-refractivity contribution is -0.114. The number of amides is 2. The molecule has 2 aliphatic heterocycles. The summed E-state index contributed by atoms with van der Waals surface area (Å²) in [6, 6.07) is 0. The zero-order chi connectivity index (χ0) is 18.2. The topological polar surface area (TPSA) is 76.9 Å². The minimum atomic E-state index is -0.558. The van der Waals surface area contributed by atoms with Gasteiger partial charge in [0.15, 0.2) is 0 Å². The molecule has 0 saturated carbocycles. The number of carbonyl (C=O) groups excluding carboxylic acids is 2. The maximum atomic E-state index is 12.8. The molecule has 0 N–H and O–H groups in total. The summed E-state index contributed by atoms with van der Waals surface area (Å²) in [5.41, 5.74) is 1.57. The van der Waals surface area contributed by atoms with Crippen molar-refractivity contribution >= 4 is 12.0 Å². The third-order valence-corrected chi connectivity index (χ3v) is 4.03. The second-order valence-corrected chi connectivity index (χ2v) is 7.14. The van der Waals surface area contributed by atoms with E-state index >= 15 is 0 Å². The Hall–Kier alpha value is -2.35. The predicted octanol–water partition coefficient (Wildman–Crippen LogP) is 1.75. The first-order valence-electron chi connectivity index (χ1n) is 8.42. The molecule has 0 atom stereocenters. The fourth-order valence-electron chi connectivity index (χ4n) is 2.98. The van der Waals surface area contributed by atoms with E-state index in [0.29, 0.717) is 44.9 Å². The van der Waals surface area contributed by atoms with Crippen LogP contribution in [0.5, 0.6) is 0 Å². The zero-order valence-electron chi connectivity index (χ0n) is 14.9. The Morgan fingerprint density at radius 3 is 2.84 bits per heavy atom. The molecule has 0 aliphatic carbocycles.